The van der Waals surface area contributed by atoms with Gasteiger partial charge in [-0.1, -0.05) is 48.5 Å². The zero-order valence-corrected chi connectivity index (χ0v) is 17.6. The van der Waals surface area contributed by atoms with Gasteiger partial charge >= 0.3 is 6.61 Å². The largest absolute Gasteiger partial charge is 0.545 e. The van der Waals surface area contributed by atoms with E-state index in [1.807, 2.05) is 30.3 Å². The molecule has 32 heavy (non-hydrogen) atoms. The van der Waals surface area contributed by atoms with E-state index in [0.29, 0.717) is 12.8 Å². The summed E-state index contributed by atoms with van der Waals surface area (Å²) in [7, 11) is 0. The number of aliphatic carboxylic acids is 1. The van der Waals surface area contributed by atoms with Gasteiger partial charge in [0.25, 0.3) is 0 Å². The molecular formula is C23H23F2N2O5-. The number of carbonyl (C=O) groups excluding carboxylic acids is 1. The molecule has 0 amide bonds. The van der Waals surface area contributed by atoms with Crippen molar-refractivity contribution in [2.24, 2.45) is 0 Å². The Morgan fingerprint density at radius 2 is 1.81 bits per heavy atom. The minimum atomic E-state index is -3.17. The third-order valence-electron chi connectivity index (χ3n) is 5.85. The molecule has 0 saturated heterocycles. The van der Waals surface area contributed by atoms with Crippen LogP contribution in [-0.4, -0.2) is 29.1 Å². The van der Waals surface area contributed by atoms with E-state index in [1.165, 1.54) is 31.2 Å². The highest BCUT2D eigenvalue weighted by molar-refractivity contribution is 5.88. The Morgan fingerprint density at radius 1 is 1.19 bits per heavy atom. The summed E-state index contributed by atoms with van der Waals surface area (Å²) in [4.78, 5) is 23.8. The summed E-state index contributed by atoms with van der Waals surface area (Å²) in [6, 6.07) is 13.4. The molecule has 1 N–H and O–H groups in total. The van der Waals surface area contributed by atoms with Crippen LogP contribution in [0.15, 0.2) is 65.9 Å². The van der Waals surface area contributed by atoms with Gasteiger partial charge in [-0.3, -0.25) is 10.1 Å². The number of para-hydroxylation sites is 1. The number of hydrogen-bond acceptors (Lipinski definition) is 6. The van der Waals surface area contributed by atoms with Gasteiger partial charge in [0.1, 0.15) is 11.3 Å². The molecule has 0 saturated carbocycles. The molecule has 0 aromatic heterocycles. The summed E-state index contributed by atoms with van der Waals surface area (Å²) in [5, 5.41) is 27.3. The number of aryl methyl sites for hydroxylation is 1. The first kappa shape index (κ1) is 23.2. The fourth-order valence-electron chi connectivity index (χ4n) is 4.49. The number of nitrogens with one attached hydrogen (secondary N) is 1. The maximum atomic E-state index is 13.0. The fraction of sp³-hybridized carbons (Fsp3) is 0.348. The molecule has 0 radical (unpaired) electrons. The van der Waals surface area contributed by atoms with Crippen LogP contribution in [0.1, 0.15) is 37.3 Å². The first-order chi connectivity index (χ1) is 15.1. The van der Waals surface area contributed by atoms with Crippen LogP contribution >= 0.6 is 0 Å². The number of rotatable bonds is 8. The van der Waals surface area contributed by atoms with Crippen LogP contribution in [0, 0.1) is 10.1 Å². The minimum Gasteiger partial charge on any atom is -0.545 e. The van der Waals surface area contributed by atoms with Crippen molar-refractivity contribution in [1.29, 1.82) is 0 Å². The van der Waals surface area contributed by atoms with Gasteiger partial charge in [-0.05, 0) is 38.3 Å². The molecule has 0 spiro atoms. The van der Waals surface area contributed by atoms with Crippen LogP contribution in [0.2, 0.25) is 0 Å². The van der Waals surface area contributed by atoms with Gasteiger partial charge in [0, 0.05) is 21.8 Å². The Labute approximate surface area is 183 Å². The van der Waals surface area contributed by atoms with Gasteiger partial charge in [-0.2, -0.15) is 8.78 Å². The van der Waals surface area contributed by atoms with Gasteiger partial charge < -0.3 is 20.0 Å². The second kappa shape index (κ2) is 9.33. The van der Waals surface area contributed by atoms with Crippen molar-refractivity contribution < 1.29 is 28.3 Å². The number of alkyl halides is 2. The van der Waals surface area contributed by atoms with Crippen LogP contribution in [0.5, 0.6) is 5.75 Å². The number of nitrogens with zero attached hydrogens (tertiary/aromatic N) is 1. The van der Waals surface area contributed by atoms with Crippen LogP contribution in [0.4, 0.5) is 8.78 Å². The summed E-state index contributed by atoms with van der Waals surface area (Å²) in [6.07, 6.45) is 0.791. The van der Waals surface area contributed by atoms with Crippen molar-refractivity contribution >= 4 is 5.97 Å². The highest BCUT2D eigenvalue weighted by Gasteiger charge is 2.54. The van der Waals surface area contributed by atoms with Crippen LogP contribution in [0.3, 0.4) is 0 Å². The summed E-state index contributed by atoms with van der Waals surface area (Å²) in [6.45, 7) is -0.0401. The number of halogens is 2. The van der Waals surface area contributed by atoms with E-state index in [-0.39, 0.29) is 22.6 Å². The number of nitro groups is 1. The van der Waals surface area contributed by atoms with Gasteiger partial charge in [-0.15, -0.1) is 0 Å². The Hall–Kier alpha value is -3.49. The average Bonchev–Trinajstić information content (AvgIpc) is 2.72. The third kappa shape index (κ3) is 4.71. The molecule has 0 aliphatic carbocycles. The van der Waals surface area contributed by atoms with E-state index in [1.54, 1.807) is 6.92 Å². The van der Waals surface area contributed by atoms with Crippen molar-refractivity contribution in [3.05, 3.63) is 87.1 Å². The molecule has 7 nitrogen and oxygen atoms in total. The number of carboxylic acids is 1. The van der Waals surface area contributed by atoms with E-state index in [9.17, 15) is 28.8 Å². The lowest BCUT2D eigenvalue weighted by Crippen LogP contribution is -2.61. The topological polar surface area (TPSA) is 105 Å². The number of benzene rings is 2. The van der Waals surface area contributed by atoms with Crippen molar-refractivity contribution in [3.8, 4) is 5.75 Å². The first-order valence-electron chi connectivity index (χ1n) is 10.1. The van der Waals surface area contributed by atoms with Gasteiger partial charge in [0.2, 0.25) is 6.04 Å². The van der Waals surface area contributed by atoms with Crippen molar-refractivity contribution in [1.82, 2.24) is 5.32 Å². The predicted octanol–water partition coefficient (Wildman–Crippen LogP) is 3.04. The second-order valence-electron chi connectivity index (χ2n) is 7.98. The molecular weight excluding hydrogens is 422 g/mol. The summed E-state index contributed by atoms with van der Waals surface area (Å²) in [5.41, 5.74) is -0.376. The van der Waals surface area contributed by atoms with Crippen LogP contribution in [-0.2, 0) is 11.2 Å². The maximum Gasteiger partial charge on any atom is 0.387 e. The molecule has 2 aromatic rings. The van der Waals surface area contributed by atoms with E-state index in [2.05, 4.69) is 10.1 Å². The second-order valence-corrected chi connectivity index (χ2v) is 7.98. The summed E-state index contributed by atoms with van der Waals surface area (Å²) >= 11 is 0. The Bertz CT molecular complexity index is 1030. The molecule has 3 unspecified atom stereocenters. The Morgan fingerprint density at radius 3 is 2.41 bits per heavy atom. The highest BCUT2D eigenvalue weighted by Crippen LogP contribution is 2.44. The predicted molar refractivity (Wildman–Crippen MR) is 111 cm³/mol. The lowest BCUT2D eigenvalue weighted by molar-refractivity contribution is -0.538. The minimum absolute atomic E-state index is 0.000450. The normalized spacial score (nSPS) is 23.0. The maximum absolute atomic E-state index is 13.0. The zero-order valence-electron chi connectivity index (χ0n) is 17.6. The molecule has 170 valence electrons. The third-order valence-corrected chi connectivity index (χ3v) is 5.85. The quantitative estimate of drug-likeness (QED) is 0.495. The standard InChI is InChI=1S/C23H24F2N2O5/c1-14-18(21(28)29)19(16-10-6-7-11-17(16)32-22(24)25)20(27(30)31)23(2,26-14)13-12-15-8-4-3-5-9-15/h3-11,19-20,22,26H,12-13H2,1-2H3,(H,28,29)/p-1. The molecule has 3 atom stereocenters. The van der Waals surface area contributed by atoms with E-state index >= 15 is 0 Å². The van der Waals surface area contributed by atoms with Crippen LogP contribution < -0.4 is 15.2 Å². The highest BCUT2D eigenvalue weighted by atomic mass is 19.3. The molecule has 1 heterocycles. The first-order valence-corrected chi connectivity index (χ1v) is 10.1. The van der Waals surface area contributed by atoms with E-state index in [0.717, 1.165) is 5.56 Å². The van der Waals surface area contributed by atoms with Crippen molar-refractivity contribution in [2.45, 2.75) is 50.8 Å². The van der Waals surface area contributed by atoms with E-state index < -0.39 is 35.0 Å². The Balaban J connectivity index is 2.13. The number of hydrogen-bond donors (Lipinski definition) is 1. The number of carbonyl (C=O) groups is 1. The smallest absolute Gasteiger partial charge is 0.387 e. The SMILES string of the molecule is CC1=C(C(=O)[O-])C(c2ccccc2OC(F)F)C([N+](=O)[O-])C(C)(CCc2ccccc2)N1. The number of carboxylic acid groups (broad SMARTS) is 1. The molecule has 1 aliphatic rings. The lowest BCUT2D eigenvalue weighted by atomic mass is 9.70. The molecule has 2 aromatic carbocycles. The molecule has 3 rings (SSSR count). The fourth-order valence-corrected chi connectivity index (χ4v) is 4.49. The van der Waals surface area contributed by atoms with E-state index in [4.69, 9.17) is 0 Å². The summed E-state index contributed by atoms with van der Waals surface area (Å²) in [5.74, 6) is -3.27. The van der Waals surface area contributed by atoms with Crippen molar-refractivity contribution in [2.75, 3.05) is 0 Å². The van der Waals surface area contributed by atoms with Crippen LogP contribution in [0.25, 0.3) is 0 Å². The summed E-state index contributed by atoms with van der Waals surface area (Å²) < 4.78 is 30.6. The van der Waals surface area contributed by atoms with Gasteiger partial charge in [-0.25, -0.2) is 0 Å². The lowest BCUT2D eigenvalue weighted by Gasteiger charge is -2.44. The number of allylic oxidation sites excluding steroid dienone is 1. The molecule has 0 bridgehead atoms. The van der Waals surface area contributed by atoms with Crippen molar-refractivity contribution in [3.63, 3.8) is 0 Å². The average molecular weight is 445 g/mol. The Kier molecular flexibility index (Phi) is 6.76. The molecule has 1 aliphatic heterocycles. The van der Waals surface area contributed by atoms with Gasteiger partial charge in [0.05, 0.1) is 11.9 Å². The number of ether oxygens (including phenoxy) is 1. The molecule has 9 heteroatoms. The monoisotopic (exact) mass is 445 g/mol. The molecule has 0 fully saturated rings. The van der Waals surface area contributed by atoms with Gasteiger partial charge in [0.15, 0.2) is 0 Å². The zero-order chi connectivity index (χ0) is 23.5.